The molecule has 2 aromatic carbocycles. The van der Waals surface area contributed by atoms with Crippen molar-refractivity contribution in [3.8, 4) is 22.8 Å². The Balaban J connectivity index is 1.66. The molecule has 7 nitrogen and oxygen atoms in total. The fourth-order valence-electron chi connectivity index (χ4n) is 4.62. The van der Waals surface area contributed by atoms with Crippen LogP contribution in [0.15, 0.2) is 68.5 Å². The predicted molar refractivity (Wildman–Crippen MR) is 136 cm³/mol. The van der Waals surface area contributed by atoms with Crippen LogP contribution in [0, 0.1) is 0 Å². The van der Waals surface area contributed by atoms with Crippen molar-refractivity contribution in [1.29, 1.82) is 0 Å². The number of nitrogens with zero attached hydrogens (tertiary/aromatic N) is 2. The number of hydrogen-bond donors (Lipinski definition) is 2. The van der Waals surface area contributed by atoms with E-state index in [1.807, 2.05) is 59.1 Å². The van der Waals surface area contributed by atoms with Gasteiger partial charge in [0.15, 0.2) is 5.43 Å². The third-order valence-electron chi connectivity index (χ3n) is 6.58. The quantitative estimate of drug-likeness (QED) is 0.435. The maximum Gasteiger partial charge on any atom is 0.223 e. The first-order chi connectivity index (χ1) is 16.9. The summed E-state index contributed by atoms with van der Waals surface area (Å²) >= 11 is 1.49. The molecule has 35 heavy (non-hydrogen) atoms. The number of piperazine rings is 1. The lowest BCUT2D eigenvalue weighted by Crippen LogP contribution is -2.47. The van der Waals surface area contributed by atoms with Crippen LogP contribution < -0.4 is 5.43 Å². The van der Waals surface area contributed by atoms with Crippen LogP contribution in [-0.2, 0) is 4.79 Å². The molecule has 0 saturated carbocycles. The Labute approximate surface area is 206 Å². The maximum atomic E-state index is 13.3. The number of phenols is 2. The first-order valence-electron chi connectivity index (χ1n) is 11.5. The van der Waals surface area contributed by atoms with Gasteiger partial charge in [-0.25, -0.2) is 0 Å². The smallest absolute Gasteiger partial charge is 0.223 e. The van der Waals surface area contributed by atoms with Crippen LogP contribution >= 0.6 is 11.3 Å². The fraction of sp³-hybridized carbons (Fsp3) is 0.259. The van der Waals surface area contributed by atoms with E-state index in [-0.39, 0.29) is 34.8 Å². The molecule has 0 aliphatic carbocycles. The number of aromatic hydroxyl groups is 2. The molecule has 0 unspecified atom stereocenters. The fourth-order valence-corrected chi connectivity index (χ4v) is 5.34. The van der Waals surface area contributed by atoms with Gasteiger partial charge >= 0.3 is 0 Å². The molecule has 180 valence electrons. The van der Waals surface area contributed by atoms with Crippen LogP contribution in [0.2, 0.25) is 0 Å². The van der Waals surface area contributed by atoms with E-state index >= 15 is 0 Å². The first-order valence-corrected chi connectivity index (χ1v) is 12.4. The number of hydrogen-bond acceptors (Lipinski definition) is 7. The number of amides is 1. The lowest BCUT2D eigenvalue weighted by molar-refractivity contribution is -0.133. The lowest BCUT2D eigenvalue weighted by atomic mass is 9.87. The number of carbonyl (C=O) groups excluding carboxylic acids is 1. The Bertz CT molecular complexity index is 1410. The highest BCUT2D eigenvalue weighted by Crippen LogP contribution is 2.43. The second-order valence-electron chi connectivity index (χ2n) is 8.87. The van der Waals surface area contributed by atoms with Gasteiger partial charge in [0.25, 0.3) is 0 Å². The number of rotatable bonds is 5. The molecule has 3 heterocycles. The molecule has 4 aromatic rings. The van der Waals surface area contributed by atoms with Crippen molar-refractivity contribution >= 4 is 28.2 Å². The van der Waals surface area contributed by atoms with Gasteiger partial charge in [0.1, 0.15) is 28.2 Å². The Morgan fingerprint density at radius 2 is 1.80 bits per heavy atom. The number of benzene rings is 2. The Hall–Kier alpha value is -3.62. The van der Waals surface area contributed by atoms with E-state index in [4.69, 9.17) is 4.42 Å². The van der Waals surface area contributed by atoms with Crippen LogP contribution in [0.5, 0.6) is 11.5 Å². The van der Waals surface area contributed by atoms with Gasteiger partial charge in [-0.3, -0.25) is 9.59 Å². The summed E-state index contributed by atoms with van der Waals surface area (Å²) in [5.41, 5.74) is 1.54. The van der Waals surface area contributed by atoms with E-state index < -0.39 is 11.3 Å². The van der Waals surface area contributed by atoms with E-state index in [0.29, 0.717) is 30.0 Å². The molecule has 5 rings (SSSR count). The minimum atomic E-state index is -0.550. The summed E-state index contributed by atoms with van der Waals surface area (Å²) < 4.78 is 6.19. The van der Waals surface area contributed by atoms with Gasteiger partial charge in [0.2, 0.25) is 5.91 Å². The third kappa shape index (κ3) is 4.54. The minimum absolute atomic E-state index is 0.00948. The van der Waals surface area contributed by atoms with E-state index in [0.717, 1.165) is 24.7 Å². The van der Waals surface area contributed by atoms with Crippen molar-refractivity contribution in [1.82, 2.24) is 9.80 Å². The Kier molecular flexibility index (Phi) is 6.32. The number of thiophene rings is 1. The van der Waals surface area contributed by atoms with Crippen LogP contribution in [0.1, 0.15) is 23.5 Å². The molecule has 1 fully saturated rings. The summed E-state index contributed by atoms with van der Waals surface area (Å²) in [4.78, 5) is 30.4. The third-order valence-corrected chi connectivity index (χ3v) is 7.29. The van der Waals surface area contributed by atoms with Gasteiger partial charge in [-0.2, -0.15) is 11.3 Å². The second-order valence-corrected chi connectivity index (χ2v) is 9.65. The zero-order valence-electron chi connectivity index (χ0n) is 19.3. The Morgan fingerprint density at radius 1 is 1.06 bits per heavy atom. The van der Waals surface area contributed by atoms with Crippen molar-refractivity contribution in [3.63, 3.8) is 0 Å². The molecule has 1 aliphatic heterocycles. The van der Waals surface area contributed by atoms with Gasteiger partial charge in [0.05, 0.1) is 0 Å². The molecule has 0 bridgehead atoms. The summed E-state index contributed by atoms with van der Waals surface area (Å²) in [6, 6.07) is 13.6. The number of carbonyl (C=O) groups is 1. The molecular weight excluding hydrogens is 464 g/mol. The average molecular weight is 491 g/mol. The molecule has 1 saturated heterocycles. The minimum Gasteiger partial charge on any atom is -0.507 e. The zero-order valence-corrected chi connectivity index (χ0v) is 20.1. The summed E-state index contributed by atoms with van der Waals surface area (Å²) in [5, 5.41) is 25.4. The first kappa shape index (κ1) is 23.1. The summed E-state index contributed by atoms with van der Waals surface area (Å²) in [6.07, 6.45) is 0.104. The van der Waals surface area contributed by atoms with E-state index in [2.05, 4.69) is 4.90 Å². The Morgan fingerprint density at radius 3 is 2.49 bits per heavy atom. The van der Waals surface area contributed by atoms with Crippen molar-refractivity contribution < 1.29 is 19.4 Å². The summed E-state index contributed by atoms with van der Waals surface area (Å²) in [7, 11) is 2.03. The molecular formula is C27H26N2O5S. The zero-order chi connectivity index (χ0) is 24.5. The highest BCUT2D eigenvalue weighted by Gasteiger charge is 2.30. The SMILES string of the molecule is CN1CCN(C(=O)C[C@@H](c2ccsc2)c2c(O)cc(O)c3c(=O)cc(-c4ccccc4)oc23)CC1. The topological polar surface area (TPSA) is 94.2 Å². The summed E-state index contributed by atoms with van der Waals surface area (Å²) in [5.74, 6) is -0.833. The largest absolute Gasteiger partial charge is 0.507 e. The molecule has 1 atom stereocenters. The van der Waals surface area contributed by atoms with Crippen molar-refractivity contribution in [2.45, 2.75) is 12.3 Å². The van der Waals surface area contributed by atoms with Crippen molar-refractivity contribution in [2.24, 2.45) is 0 Å². The van der Waals surface area contributed by atoms with Gasteiger partial charge in [-0.15, -0.1) is 0 Å². The van der Waals surface area contributed by atoms with Crippen LogP contribution in [0.25, 0.3) is 22.3 Å². The number of fused-ring (bicyclic) bond motifs is 1. The lowest BCUT2D eigenvalue weighted by Gasteiger charge is -2.33. The molecule has 0 radical (unpaired) electrons. The average Bonchev–Trinajstić information content (AvgIpc) is 3.38. The van der Waals surface area contributed by atoms with Crippen molar-refractivity contribution in [2.75, 3.05) is 33.2 Å². The van der Waals surface area contributed by atoms with Gasteiger partial charge < -0.3 is 24.4 Å². The van der Waals surface area contributed by atoms with Crippen LogP contribution in [0.3, 0.4) is 0 Å². The molecule has 2 N–H and O–H groups in total. The standard InChI is InChI=1S/C27H26N2O5S/c1-28-8-10-29(11-9-28)24(33)13-19(18-7-12-35-16-18)25-20(30)14-21(31)26-22(32)15-23(34-27(25)26)17-5-3-2-4-6-17/h2-7,12,14-16,19,30-31H,8-11,13H2,1H3/t19-/m0/s1. The maximum absolute atomic E-state index is 13.3. The predicted octanol–water partition coefficient (Wildman–Crippen LogP) is 4.23. The van der Waals surface area contributed by atoms with Crippen molar-refractivity contribution in [3.05, 3.63) is 80.6 Å². The van der Waals surface area contributed by atoms with Crippen LogP contribution in [0.4, 0.5) is 0 Å². The molecule has 1 amide bonds. The summed E-state index contributed by atoms with van der Waals surface area (Å²) in [6.45, 7) is 2.89. The number of phenolic OH excluding ortho intramolecular Hbond substituents is 2. The molecule has 0 spiro atoms. The molecule has 8 heteroatoms. The highest BCUT2D eigenvalue weighted by atomic mass is 32.1. The monoisotopic (exact) mass is 490 g/mol. The van der Waals surface area contributed by atoms with Gasteiger partial charge in [0, 0.05) is 61.8 Å². The van der Waals surface area contributed by atoms with E-state index in [9.17, 15) is 19.8 Å². The normalized spacial score (nSPS) is 15.4. The highest BCUT2D eigenvalue weighted by molar-refractivity contribution is 7.08. The molecule has 1 aliphatic rings. The van der Waals surface area contributed by atoms with Gasteiger partial charge in [-0.05, 0) is 29.4 Å². The molecule has 2 aromatic heterocycles. The van der Waals surface area contributed by atoms with E-state index in [1.54, 1.807) is 0 Å². The van der Waals surface area contributed by atoms with Gasteiger partial charge in [-0.1, -0.05) is 30.3 Å². The van der Waals surface area contributed by atoms with Crippen LogP contribution in [-0.4, -0.2) is 59.1 Å². The second kappa shape index (κ2) is 9.56. The van der Waals surface area contributed by atoms with E-state index in [1.165, 1.54) is 17.4 Å². The number of likely N-dealkylation sites (N-methyl/N-ethyl adjacent to an activating group) is 1.